The predicted octanol–water partition coefficient (Wildman–Crippen LogP) is 2.49. The fourth-order valence-electron chi connectivity index (χ4n) is 4.27. The van der Waals surface area contributed by atoms with Crippen LogP contribution in [0.2, 0.25) is 0 Å². The van der Waals surface area contributed by atoms with E-state index in [2.05, 4.69) is 15.0 Å². The Balaban J connectivity index is 1.55. The van der Waals surface area contributed by atoms with E-state index >= 15 is 0 Å². The molecule has 12 heteroatoms. The summed E-state index contributed by atoms with van der Waals surface area (Å²) in [5.41, 5.74) is 2.64. The highest BCUT2D eigenvalue weighted by atomic mass is 32.2. The third-order valence-corrected chi connectivity index (χ3v) is 7.43. The van der Waals surface area contributed by atoms with E-state index in [0.717, 1.165) is 18.4 Å². The van der Waals surface area contributed by atoms with Gasteiger partial charge in [-0.1, -0.05) is 6.07 Å². The van der Waals surface area contributed by atoms with Crippen molar-refractivity contribution in [2.45, 2.75) is 24.5 Å². The Morgan fingerprint density at radius 2 is 1.89 bits per heavy atom. The molecule has 5 rings (SSSR count). The van der Waals surface area contributed by atoms with Crippen molar-refractivity contribution in [2.75, 3.05) is 11.8 Å². The minimum absolute atomic E-state index is 0.0388. The lowest BCUT2D eigenvalue weighted by Crippen LogP contribution is -2.30. The second-order valence-corrected chi connectivity index (χ2v) is 10.6. The Kier molecular flexibility index (Phi) is 6.48. The zero-order valence-corrected chi connectivity index (χ0v) is 20.5. The van der Waals surface area contributed by atoms with Gasteiger partial charge in [-0.25, -0.2) is 17.8 Å². The van der Waals surface area contributed by atoms with Gasteiger partial charge in [0.1, 0.15) is 23.0 Å². The van der Waals surface area contributed by atoms with Crippen LogP contribution in [0.3, 0.4) is 0 Å². The Labute approximate surface area is 212 Å². The van der Waals surface area contributed by atoms with Crippen LogP contribution in [0.5, 0.6) is 0 Å². The van der Waals surface area contributed by atoms with Crippen LogP contribution in [0.25, 0.3) is 22.3 Å². The first-order valence-electron chi connectivity index (χ1n) is 11.5. The lowest BCUT2D eigenvalue weighted by atomic mass is 9.82. The summed E-state index contributed by atoms with van der Waals surface area (Å²) >= 11 is 0. The van der Waals surface area contributed by atoms with Crippen LogP contribution < -0.4 is 15.5 Å². The summed E-state index contributed by atoms with van der Waals surface area (Å²) in [5.74, 6) is -0.678. The van der Waals surface area contributed by atoms with E-state index in [1.54, 1.807) is 6.07 Å². The van der Waals surface area contributed by atoms with E-state index in [1.165, 1.54) is 49.6 Å². The van der Waals surface area contributed by atoms with E-state index in [4.69, 9.17) is 4.42 Å². The van der Waals surface area contributed by atoms with Gasteiger partial charge in [0, 0.05) is 29.7 Å². The molecular weight excluding hydrogens is 500 g/mol. The zero-order chi connectivity index (χ0) is 26.3. The van der Waals surface area contributed by atoms with Gasteiger partial charge in [-0.15, -0.1) is 0 Å². The number of carbonyl (C=O) groups is 1. The first-order chi connectivity index (χ1) is 17.6. The predicted molar refractivity (Wildman–Crippen MR) is 137 cm³/mol. The second-order valence-electron chi connectivity index (χ2n) is 8.93. The van der Waals surface area contributed by atoms with Crippen molar-refractivity contribution in [1.29, 1.82) is 0 Å². The molecule has 2 aromatic carbocycles. The molecule has 190 valence electrons. The van der Waals surface area contributed by atoms with Crippen molar-refractivity contribution in [3.8, 4) is 11.3 Å². The molecule has 0 aliphatic heterocycles. The summed E-state index contributed by atoms with van der Waals surface area (Å²) in [4.78, 5) is 16.8. The lowest BCUT2D eigenvalue weighted by molar-refractivity contribution is 0.0964. The number of carbonyl (C=O) groups excluding carboxylic acids is 1. The fourth-order valence-corrected chi connectivity index (χ4v) is 5.45. The highest BCUT2D eigenvalue weighted by Crippen LogP contribution is 2.45. The van der Waals surface area contributed by atoms with Crippen molar-refractivity contribution in [3.05, 3.63) is 77.2 Å². The van der Waals surface area contributed by atoms with Crippen LogP contribution in [0.15, 0.2) is 59.1 Å². The molecule has 1 aliphatic rings. The van der Waals surface area contributed by atoms with Crippen LogP contribution in [0.4, 0.5) is 10.2 Å². The summed E-state index contributed by atoms with van der Waals surface area (Å²) in [6.07, 6.45) is 2.97. The number of aromatic nitrogens is 1. The van der Waals surface area contributed by atoms with Gasteiger partial charge in [0.15, 0.2) is 0 Å². The number of nitrogens with one attached hydrogen (secondary N) is 2. The van der Waals surface area contributed by atoms with Crippen molar-refractivity contribution in [1.82, 2.24) is 10.3 Å². The highest BCUT2D eigenvalue weighted by Gasteiger charge is 2.31. The number of fused-ring (bicyclic) bond motifs is 1. The molecule has 1 aliphatic carbocycles. The van der Waals surface area contributed by atoms with E-state index in [9.17, 15) is 27.7 Å². The van der Waals surface area contributed by atoms with Gasteiger partial charge in [-0.3, -0.25) is 9.52 Å². The first-order valence-corrected chi connectivity index (χ1v) is 13.2. The largest absolute Gasteiger partial charge is 0.490 e. The van der Waals surface area contributed by atoms with E-state index in [1.807, 2.05) is 6.07 Å². The zero-order valence-electron chi connectivity index (χ0n) is 19.7. The van der Waals surface area contributed by atoms with Gasteiger partial charge in [0.2, 0.25) is 10.0 Å². The molecule has 4 aromatic rings. The van der Waals surface area contributed by atoms with Crippen LogP contribution in [0.1, 0.15) is 40.2 Å². The SMILES string of the molecule is CNC(=O)c1c(-c2ccc(F)cc2)oc2cc(CS(=O)(=O)Nc3ccc(B(O)O)cn3)c(C3CC3)cc12. The molecule has 0 spiro atoms. The topological polar surface area (TPSA) is 142 Å². The minimum atomic E-state index is -3.90. The number of hydrogen-bond acceptors (Lipinski definition) is 7. The van der Waals surface area contributed by atoms with Crippen LogP contribution in [-0.2, 0) is 15.8 Å². The average molecular weight is 523 g/mol. The van der Waals surface area contributed by atoms with Crippen molar-refractivity contribution in [2.24, 2.45) is 0 Å². The van der Waals surface area contributed by atoms with Crippen molar-refractivity contribution in [3.63, 3.8) is 0 Å². The third kappa shape index (κ3) is 5.22. The van der Waals surface area contributed by atoms with E-state index in [0.29, 0.717) is 27.7 Å². The van der Waals surface area contributed by atoms with Crippen molar-refractivity contribution >= 4 is 45.3 Å². The molecule has 0 radical (unpaired) electrons. The molecule has 1 fully saturated rings. The van der Waals surface area contributed by atoms with Gasteiger partial charge >= 0.3 is 7.12 Å². The number of pyridine rings is 1. The van der Waals surface area contributed by atoms with Crippen LogP contribution in [-0.4, -0.2) is 43.5 Å². The van der Waals surface area contributed by atoms with Gasteiger partial charge in [-0.05, 0) is 72.4 Å². The average Bonchev–Trinajstić information content (AvgIpc) is 3.64. The molecular formula is C25H23BFN3O6S. The Hall–Kier alpha value is -3.74. The molecule has 37 heavy (non-hydrogen) atoms. The minimum Gasteiger partial charge on any atom is -0.455 e. The summed E-state index contributed by atoms with van der Waals surface area (Å²) < 4.78 is 48.0. The van der Waals surface area contributed by atoms with Crippen LogP contribution in [0, 0.1) is 5.82 Å². The quantitative estimate of drug-likeness (QED) is 0.260. The molecule has 0 bridgehead atoms. The number of furan rings is 1. The third-order valence-electron chi connectivity index (χ3n) is 6.22. The summed E-state index contributed by atoms with van der Waals surface area (Å²) in [6.45, 7) is 0. The number of benzene rings is 2. The molecule has 0 unspecified atom stereocenters. The maximum Gasteiger partial charge on any atom is 0.490 e. The number of amides is 1. The Morgan fingerprint density at radius 1 is 1.16 bits per heavy atom. The second kappa shape index (κ2) is 9.62. The smallest absolute Gasteiger partial charge is 0.455 e. The number of sulfonamides is 1. The molecule has 2 heterocycles. The molecule has 2 aromatic heterocycles. The Morgan fingerprint density at radius 3 is 2.49 bits per heavy atom. The lowest BCUT2D eigenvalue weighted by Gasteiger charge is -2.12. The van der Waals surface area contributed by atoms with Gasteiger partial charge < -0.3 is 19.8 Å². The number of hydrogen-bond donors (Lipinski definition) is 4. The van der Waals surface area contributed by atoms with E-state index in [-0.39, 0.29) is 34.6 Å². The molecule has 9 nitrogen and oxygen atoms in total. The van der Waals surface area contributed by atoms with E-state index < -0.39 is 23.0 Å². The maximum atomic E-state index is 13.5. The summed E-state index contributed by atoms with van der Waals surface area (Å²) in [7, 11) is -4.10. The standard InChI is InChI=1S/C25H23BFN3O6S/c1-28-25(31)23-20-11-19(14-2-3-14)16(10-21(20)36-24(23)15-4-7-18(27)8-5-15)13-37(34,35)30-22-9-6-17(12-29-22)26(32)33/h4-12,14,32-33H,2-3,13H2,1H3,(H,28,31)(H,29,30). The number of nitrogens with zero attached hydrogens (tertiary/aromatic N) is 1. The maximum absolute atomic E-state index is 13.5. The monoisotopic (exact) mass is 523 g/mol. The molecule has 1 saturated carbocycles. The van der Waals surface area contributed by atoms with Crippen molar-refractivity contribution < 1.29 is 32.1 Å². The molecule has 4 N–H and O–H groups in total. The Bertz CT molecular complexity index is 1580. The van der Waals surface area contributed by atoms with Gasteiger partial charge in [0.05, 0.1) is 11.3 Å². The van der Waals surface area contributed by atoms with Gasteiger partial charge in [0.25, 0.3) is 5.91 Å². The molecule has 0 atom stereocenters. The van der Waals surface area contributed by atoms with Gasteiger partial charge in [-0.2, -0.15) is 0 Å². The number of halogens is 1. The number of rotatable bonds is 8. The first kappa shape index (κ1) is 24.9. The summed E-state index contributed by atoms with van der Waals surface area (Å²) in [6, 6.07) is 11.7. The summed E-state index contributed by atoms with van der Waals surface area (Å²) in [5, 5.41) is 21.6. The normalized spacial score (nSPS) is 13.5. The molecule has 0 saturated heterocycles. The molecule has 1 amide bonds. The van der Waals surface area contributed by atoms with Crippen LogP contribution >= 0.6 is 0 Å². The fraction of sp³-hybridized carbons (Fsp3) is 0.200. The number of anilines is 1. The highest BCUT2D eigenvalue weighted by molar-refractivity contribution is 7.91.